The summed E-state index contributed by atoms with van der Waals surface area (Å²) in [7, 11) is 0. The highest BCUT2D eigenvalue weighted by Crippen LogP contribution is 2.38. The van der Waals surface area contributed by atoms with E-state index in [0.29, 0.717) is 0 Å². The van der Waals surface area contributed by atoms with Gasteiger partial charge in [-0.2, -0.15) is 0 Å². The minimum absolute atomic E-state index is 0.0186. The van der Waals surface area contributed by atoms with Gasteiger partial charge in [-0.3, -0.25) is 9.89 Å². The molecule has 0 unspecified atom stereocenters. The van der Waals surface area contributed by atoms with Crippen molar-refractivity contribution >= 4 is 21.8 Å². The molecule has 0 amide bonds. The Kier molecular flexibility index (Phi) is 4.60. The Hall–Kier alpha value is -2.95. The van der Waals surface area contributed by atoms with Crippen LogP contribution in [0.5, 0.6) is 0 Å². The van der Waals surface area contributed by atoms with E-state index in [9.17, 15) is 4.79 Å². The number of rotatable bonds is 3. The number of hydrogen-bond donors (Lipinski definition) is 2. The van der Waals surface area contributed by atoms with Gasteiger partial charge in [0.1, 0.15) is 5.52 Å². The third-order valence-corrected chi connectivity index (χ3v) is 6.11. The lowest BCUT2D eigenvalue weighted by Gasteiger charge is -2.30. The number of nitrogens with zero attached hydrogens (tertiary/aromatic N) is 2. The molecule has 0 aliphatic carbocycles. The van der Waals surface area contributed by atoms with Crippen molar-refractivity contribution in [2.75, 3.05) is 0 Å². The molecule has 0 saturated carbocycles. The number of fused-ring (bicyclic) bond motifs is 2. The van der Waals surface area contributed by atoms with Crippen molar-refractivity contribution in [3.63, 3.8) is 0 Å². The highest BCUT2D eigenvalue weighted by Gasteiger charge is 2.29. The van der Waals surface area contributed by atoms with Crippen molar-refractivity contribution in [2.24, 2.45) is 0 Å². The molecule has 0 fully saturated rings. The zero-order chi connectivity index (χ0) is 21.8. The van der Waals surface area contributed by atoms with Gasteiger partial charge in [0.15, 0.2) is 0 Å². The van der Waals surface area contributed by atoms with E-state index in [-0.39, 0.29) is 16.4 Å². The first-order valence-corrected chi connectivity index (χ1v) is 10.5. The molecule has 2 aromatic carbocycles. The normalized spacial score (nSPS) is 12.8. The monoisotopic (exact) mass is 402 g/mol. The molecule has 2 aromatic heterocycles. The zero-order valence-corrected chi connectivity index (χ0v) is 18.9. The average Bonchev–Trinajstić information content (AvgIpc) is 3.09. The van der Waals surface area contributed by atoms with Crippen LogP contribution >= 0.6 is 0 Å². The SMILES string of the molecule is Cc1ccc2[nH]nnc2c1C(C)(C)Cc1cc(C)c(C(C)(C)C)c2c(=O)[nH]ccc12. The van der Waals surface area contributed by atoms with E-state index in [0.717, 1.165) is 39.4 Å². The van der Waals surface area contributed by atoms with Crippen LogP contribution in [0.4, 0.5) is 0 Å². The molecular formula is C25H30N4O. The standard InChI is InChI=1S/C25H30N4O/c1-14-8-9-18-22(28-29-27-18)21(14)25(6,7)13-16-12-15(2)20(24(3,4)5)19-17(16)10-11-26-23(19)30/h8-12H,13H2,1-7H3,(H,26,30)(H,27,28,29). The van der Waals surface area contributed by atoms with Crippen molar-refractivity contribution in [2.45, 2.75) is 65.7 Å². The Morgan fingerprint density at radius 1 is 0.967 bits per heavy atom. The highest BCUT2D eigenvalue weighted by molar-refractivity contribution is 5.90. The molecule has 0 atom stereocenters. The highest BCUT2D eigenvalue weighted by atomic mass is 16.1. The summed E-state index contributed by atoms with van der Waals surface area (Å²) >= 11 is 0. The maximum Gasteiger partial charge on any atom is 0.256 e. The smallest absolute Gasteiger partial charge is 0.256 e. The molecule has 4 rings (SSSR count). The maximum absolute atomic E-state index is 12.9. The summed E-state index contributed by atoms with van der Waals surface area (Å²) in [6.07, 6.45) is 2.55. The largest absolute Gasteiger partial charge is 0.329 e. The van der Waals surface area contributed by atoms with Gasteiger partial charge in [-0.05, 0) is 76.4 Å². The summed E-state index contributed by atoms with van der Waals surface area (Å²) in [5, 5.41) is 13.2. The third kappa shape index (κ3) is 3.22. The van der Waals surface area contributed by atoms with Gasteiger partial charge < -0.3 is 4.98 Å². The average molecular weight is 403 g/mol. The lowest BCUT2D eigenvalue weighted by atomic mass is 9.74. The van der Waals surface area contributed by atoms with Crippen LogP contribution in [0.3, 0.4) is 0 Å². The number of H-pyrrole nitrogens is 2. The van der Waals surface area contributed by atoms with Crippen LogP contribution in [-0.2, 0) is 17.3 Å². The van der Waals surface area contributed by atoms with Gasteiger partial charge >= 0.3 is 0 Å². The zero-order valence-electron chi connectivity index (χ0n) is 18.9. The van der Waals surface area contributed by atoms with Crippen LogP contribution < -0.4 is 5.56 Å². The van der Waals surface area contributed by atoms with E-state index in [1.165, 1.54) is 16.7 Å². The molecule has 156 valence electrons. The lowest BCUT2D eigenvalue weighted by Crippen LogP contribution is -2.24. The summed E-state index contributed by atoms with van der Waals surface area (Å²) in [5.74, 6) is 0. The molecule has 0 aliphatic heterocycles. The Bertz CT molecular complexity index is 1320. The predicted octanol–water partition coefficient (Wildman–Crippen LogP) is 5.23. The number of pyridine rings is 1. The Morgan fingerprint density at radius 3 is 2.40 bits per heavy atom. The number of aromatic nitrogens is 4. The molecule has 2 N–H and O–H groups in total. The Morgan fingerprint density at radius 2 is 1.70 bits per heavy atom. The fourth-order valence-corrected chi connectivity index (χ4v) is 5.15. The second kappa shape index (κ2) is 6.79. The molecule has 30 heavy (non-hydrogen) atoms. The number of hydrogen-bond acceptors (Lipinski definition) is 3. The van der Waals surface area contributed by atoms with Crippen molar-refractivity contribution < 1.29 is 0 Å². The number of aryl methyl sites for hydroxylation is 2. The first kappa shape index (κ1) is 20.3. The Labute approximate surface area is 176 Å². The second-order valence-corrected chi connectivity index (χ2v) is 10.1. The molecule has 5 heteroatoms. The van der Waals surface area contributed by atoms with Crippen molar-refractivity contribution in [3.8, 4) is 0 Å². The minimum Gasteiger partial charge on any atom is -0.329 e. The van der Waals surface area contributed by atoms with Crippen LogP contribution in [0.1, 0.15) is 62.4 Å². The summed E-state index contributed by atoms with van der Waals surface area (Å²) in [6.45, 7) is 15.2. The molecule has 0 bridgehead atoms. The molecule has 5 nitrogen and oxygen atoms in total. The van der Waals surface area contributed by atoms with Crippen molar-refractivity contribution in [1.82, 2.24) is 20.4 Å². The van der Waals surface area contributed by atoms with Crippen LogP contribution in [-0.4, -0.2) is 20.4 Å². The number of aromatic amines is 2. The molecule has 0 radical (unpaired) electrons. The van der Waals surface area contributed by atoms with E-state index >= 15 is 0 Å². The molecule has 0 aliphatic rings. The first-order valence-electron chi connectivity index (χ1n) is 10.5. The summed E-state index contributed by atoms with van der Waals surface area (Å²) < 4.78 is 0. The van der Waals surface area contributed by atoms with Crippen LogP contribution in [0.2, 0.25) is 0 Å². The number of nitrogens with one attached hydrogen (secondary N) is 2. The van der Waals surface area contributed by atoms with Gasteiger partial charge in [0.05, 0.1) is 10.9 Å². The Balaban J connectivity index is 1.95. The quantitative estimate of drug-likeness (QED) is 0.492. The topological polar surface area (TPSA) is 74.4 Å². The van der Waals surface area contributed by atoms with E-state index in [1.807, 2.05) is 12.1 Å². The van der Waals surface area contributed by atoms with E-state index < -0.39 is 0 Å². The summed E-state index contributed by atoms with van der Waals surface area (Å²) in [6, 6.07) is 8.46. The fraction of sp³-hybridized carbons (Fsp3) is 0.400. The molecular weight excluding hydrogens is 372 g/mol. The molecule has 0 saturated heterocycles. The molecule has 4 aromatic rings. The van der Waals surface area contributed by atoms with Crippen molar-refractivity contribution in [3.05, 3.63) is 68.6 Å². The van der Waals surface area contributed by atoms with Gasteiger partial charge in [0.25, 0.3) is 5.56 Å². The van der Waals surface area contributed by atoms with E-state index in [2.05, 4.69) is 81.0 Å². The van der Waals surface area contributed by atoms with E-state index in [1.54, 1.807) is 6.20 Å². The van der Waals surface area contributed by atoms with Gasteiger partial charge in [-0.15, -0.1) is 5.10 Å². The molecule has 0 spiro atoms. The summed E-state index contributed by atoms with van der Waals surface area (Å²) in [5.41, 5.74) is 7.41. The van der Waals surface area contributed by atoms with Crippen molar-refractivity contribution in [1.29, 1.82) is 0 Å². The number of benzene rings is 2. The van der Waals surface area contributed by atoms with Gasteiger partial charge in [0.2, 0.25) is 0 Å². The van der Waals surface area contributed by atoms with Gasteiger partial charge in [-0.25, -0.2) is 0 Å². The van der Waals surface area contributed by atoms with Gasteiger partial charge in [0, 0.05) is 6.20 Å². The van der Waals surface area contributed by atoms with E-state index in [4.69, 9.17) is 0 Å². The second-order valence-electron chi connectivity index (χ2n) is 10.1. The fourth-order valence-electron chi connectivity index (χ4n) is 5.15. The van der Waals surface area contributed by atoms with Gasteiger partial charge in [-0.1, -0.05) is 52.0 Å². The maximum atomic E-state index is 12.9. The minimum atomic E-state index is -0.189. The van der Waals surface area contributed by atoms with Crippen LogP contribution in [0, 0.1) is 13.8 Å². The lowest BCUT2D eigenvalue weighted by molar-refractivity contribution is 0.524. The van der Waals surface area contributed by atoms with Crippen LogP contribution in [0.15, 0.2) is 35.3 Å². The predicted molar refractivity (Wildman–Crippen MR) is 123 cm³/mol. The third-order valence-electron chi connectivity index (χ3n) is 6.11. The summed E-state index contributed by atoms with van der Waals surface area (Å²) in [4.78, 5) is 15.8. The molecule has 2 heterocycles. The first-order chi connectivity index (χ1) is 14.0. The van der Waals surface area contributed by atoms with Crippen LogP contribution in [0.25, 0.3) is 21.8 Å².